The van der Waals surface area contributed by atoms with Gasteiger partial charge in [0.1, 0.15) is 22.8 Å². The van der Waals surface area contributed by atoms with Crippen LogP contribution in [0.1, 0.15) is 18.6 Å². The number of hydrogen-bond acceptors (Lipinski definition) is 4. The Labute approximate surface area is 127 Å². The van der Waals surface area contributed by atoms with E-state index in [1.54, 1.807) is 18.4 Å². The molecule has 5 nitrogen and oxygen atoms in total. The molecule has 1 fully saturated rings. The maximum Gasteiger partial charge on any atom is 0.243 e. The largest absolute Gasteiger partial charge is 0.467 e. The fraction of sp³-hybridized carbons (Fsp3) is 0.333. The van der Waals surface area contributed by atoms with Crippen LogP contribution < -0.4 is 10.2 Å². The van der Waals surface area contributed by atoms with Crippen molar-refractivity contribution in [3.8, 4) is 0 Å². The van der Waals surface area contributed by atoms with E-state index in [0.717, 1.165) is 31.0 Å². The second-order valence-electron chi connectivity index (χ2n) is 4.97. The number of carbonyl (C=O) groups excluding carboxylic acids is 1. The Balaban J connectivity index is 1.67. The van der Waals surface area contributed by atoms with Gasteiger partial charge in [-0.25, -0.2) is 4.98 Å². The van der Waals surface area contributed by atoms with E-state index in [2.05, 4.69) is 10.3 Å². The van der Waals surface area contributed by atoms with E-state index in [-0.39, 0.29) is 11.9 Å². The molecule has 1 atom stereocenters. The number of anilines is 1. The monoisotopic (exact) mass is 305 g/mol. The SMILES string of the molecule is O=C(NCc1ccco1)[C@H]1CCCN1c1cccc(Cl)n1. The van der Waals surface area contributed by atoms with Crippen LogP contribution in [0, 0.1) is 0 Å². The van der Waals surface area contributed by atoms with Crippen molar-refractivity contribution in [1.29, 1.82) is 0 Å². The summed E-state index contributed by atoms with van der Waals surface area (Å²) >= 11 is 5.93. The van der Waals surface area contributed by atoms with E-state index in [1.807, 2.05) is 23.1 Å². The second kappa shape index (κ2) is 6.18. The summed E-state index contributed by atoms with van der Waals surface area (Å²) in [5, 5.41) is 3.35. The van der Waals surface area contributed by atoms with Gasteiger partial charge in [0.25, 0.3) is 0 Å². The van der Waals surface area contributed by atoms with Gasteiger partial charge in [-0.1, -0.05) is 17.7 Å². The zero-order chi connectivity index (χ0) is 14.7. The Morgan fingerprint density at radius 3 is 3.10 bits per heavy atom. The summed E-state index contributed by atoms with van der Waals surface area (Å²) in [7, 11) is 0. The lowest BCUT2D eigenvalue weighted by atomic mass is 10.2. The third kappa shape index (κ3) is 3.19. The molecule has 1 N–H and O–H groups in total. The van der Waals surface area contributed by atoms with Crippen LogP contribution in [0.2, 0.25) is 5.15 Å². The first-order valence-electron chi connectivity index (χ1n) is 6.93. The third-order valence-electron chi connectivity index (χ3n) is 3.57. The van der Waals surface area contributed by atoms with Gasteiger partial charge in [0, 0.05) is 6.54 Å². The lowest BCUT2D eigenvalue weighted by Gasteiger charge is -2.24. The molecule has 0 aromatic carbocycles. The molecule has 6 heteroatoms. The first kappa shape index (κ1) is 13.9. The van der Waals surface area contributed by atoms with E-state index in [0.29, 0.717) is 11.7 Å². The highest BCUT2D eigenvalue weighted by Gasteiger charge is 2.31. The molecular formula is C15H16ClN3O2. The average Bonchev–Trinajstić information content (AvgIpc) is 3.16. The molecule has 0 unspecified atom stereocenters. The van der Waals surface area contributed by atoms with Crippen molar-refractivity contribution >= 4 is 23.3 Å². The van der Waals surface area contributed by atoms with Crippen LogP contribution in [0.5, 0.6) is 0 Å². The molecule has 1 aliphatic rings. The van der Waals surface area contributed by atoms with E-state index in [4.69, 9.17) is 16.0 Å². The topological polar surface area (TPSA) is 58.4 Å². The normalized spacial score (nSPS) is 18.0. The molecule has 3 heterocycles. The molecule has 1 aliphatic heterocycles. The summed E-state index contributed by atoms with van der Waals surface area (Å²) in [6.45, 7) is 1.21. The lowest BCUT2D eigenvalue weighted by Crippen LogP contribution is -2.43. The fourth-order valence-corrected chi connectivity index (χ4v) is 2.74. The minimum absolute atomic E-state index is 0.00863. The summed E-state index contributed by atoms with van der Waals surface area (Å²) in [6, 6.07) is 8.90. The van der Waals surface area contributed by atoms with Gasteiger partial charge in [-0.15, -0.1) is 0 Å². The van der Waals surface area contributed by atoms with Crippen LogP contribution in [0.4, 0.5) is 5.82 Å². The van der Waals surface area contributed by atoms with Crippen molar-refractivity contribution in [2.24, 2.45) is 0 Å². The van der Waals surface area contributed by atoms with Crippen molar-refractivity contribution in [3.63, 3.8) is 0 Å². The van der Waals surface area contributed by atoms with Gasteiger partial charge in [-0.05, 0) is 37.1 Å². The van der Waals surface area contributed by atoms with Crippen molar-refractivity contribution in [2.75, 3.05) is 11.4 Å². The van der Waals surface area contributed by atoms with Crippen LogP contribution in [0.25, 0.3) is 0 Å². The summed E-state index contributed by atoms with van der Waals surface area (Å²) in [5.74, 6) is 1.48. The molecule has 0 aliphatic carbocycles. The standard InChI is InChI=1S/C15H16ClN3O2/c16-13-6-1-7-14(18-13)19-8-2-5-12(19)15(20)17-10-11-4-3-9-21-11/h1,3-4,6-7,9,12H,2,5,8,10H2,(H,17,20)/t12-/m1/s1. The Morgan fingerprint density at radius 2 is 2.33 bits per heavy atom. The maximum atomic E-state index is 12.4. The number of halogens is 1. The highest BCUT2D eigenvalue weighted by molar-refractivity contribution is 6.29. The molecular weight excluding hydrogens is 290 g/mol. The van der Waals surface area contributed by atoms with Crippen LogP contribution in [-0.4, -0.2) is 23.5 Å². The van der Waals surface area contributed by atoms with Crippen molar-refractivity contribution in [2.45, 2.75) is 25.4 Å². The maximum absolute atomic E-state index is 12.4. The first-order chi connectivity index (χ1) is 10.2. The van der Waals surface area contributed by atoms with E-state index in [1.165, 1.54) is 0 Å². The smallest absolute Gasteiger partial charge is 0.243 e. The predicted molar refractivity (Wildman–Crippen MR) is 80.2 cm³/mol. The molecule has 0 saturated carbocycles. The Hall–Kier alpha value is -2.01. The van der Waals surface area contributed by atoms with Gasteiger partial charge in [-0.2, -0.15) is 0 Å². The summed E-state index contributed by atoms with van der Waals surface area (Å²) in [4.78, 5) is 18.6. The number of amides is 1. The molecule has 0 radical (unpaired) electrons. The number of hydrogen-bond donors (Lipinski definition) is 1. The number of nitrogens with zero attached hydrogens (tertiary/aromatic N) is 2. The van der Waals surface area contributed by atoms with Gasteiger partial charge in [0.2, 0.25) is 5.91 Å². The van der Waals surface area contributed by atoms with E-state index in [9.17, 15) is 4.79 Å². The fourth-order valence-electron chi connectivity index (χ4n) is 2.58. The number of furan rings is 1. The van der Waals surface area contributed by atoms with Gasteiger partial charge >= 0.3 is 0 Å². The van der Waals surface area contributed by atoms with Crippen LogP contribution in [0.3, 0.4) is 0 Å². The molecule has 2 aromatic heterocycles. The average molecular weight is 306 g/mol. The van der Waals surface area contributed by atoms with Crippen LogP contribution in [-0.2, 0) is 11.3 Å². The Morgan fingerprint density at radius 1 is 1.43 bits per heavy atom. The van der Waals surface area contributed by atoms with Crippen molar-refractivity contribution in [3.05, 3.63) is 47.5 Å². The van der Waals surface area contributed by atoms with Gasteiger partial charge in [0.05, 0.1) is 12.8 Å². The quantitative estimate of drug-likeness (QED) is 0.882. The van der Waals surface area contributed by atoms with Crippen LogP contribution >= 0.6 is 11.6 Å². The highest BCUT2D eigenvalue weighted by Crippen LogP contribution is 2.25. The van der Waals surface area contributed by atoms with Crippen molar-refractivity contribution < 1.29 is 9.21 Å². The minimum atomic E-state index is -0.203. The molecule has 2 aromatic rings. The molecule has 1 saturated heterocycles. The number of aromatic nitrogens is 1. The van der Waals surface area contributed by atoms with E-state index >= 15 is 0 Å². The highest BCUT2D eigenvalue weighted by atomic mass is 35.5. The lowest BCUT2D eigenvalue weighted by molar-refractivity contribution is -0.122. The number of rotatable bonds is 4. The molecule has 3 rings (SSSR count). The molecule has 1 amide bonds. The van der Waals surface area contributed by atoms with Gasteiger partial charge in [-0.3, -0.25) is 4.79 Å². The molecule has 0 spiro atoms. The first-order valence-corrected chi connectivity index (χ1v) is 7.31. The molecule has 21 heavy (non-hydrogen) atoms. The summed E-state index contributed by atoms with van der Waals surface area (Å²) in [5.41, 5.74) is 0. The van der Waals surface area contributed by atoms with Crippen LogP contribution in [0.15, 0.2) is 41.0 Å². The number of pyridine rings is 1. The Kier molecular flexibility index (Phi) is 4.10. The zero-order valence-electron chi connectivity index (χ0n) is 11.5. The summed E-state index contributed by atoms with van der Waals surface area (Å²) in [6.07, 6.45) is 3.38. The van der Waals surface area contributed by atoms with Crippen molar-refractivity contribution in [1.82, 2.24) is 10.3 Å². The molecule has 110 valence electrons. The summed E-state index contributed by atoms with van der Waals surface area (Å²) < 4.78 is 5.22. The number of nitrogens with one attached hydrogen (secondary N) is 1. The predicted octanol–water partition coefficient (Wildman–Crippen LogP) is 2.61. The number of carbonyl (C=O) groups is 1. The minimum Gasteiger partial charge on any atom is -0.467 e. The Bertz CT molecular complexity index is 615. The van der Waals surface area contributed by atoms with Gasteiger partial charge in [0.15, 0.2) is 0 Å². The zero-order valence-corrected chi connectivity index (χ0v) is 12.2. The molecule has 0 bridgehead atoms. The van der Waals surface area contributed by atoms with E-state index < -0.39 is 0 Å². The third-order valence-corrected chi connectivity index (χ3v) is 3.78. The second-order valence-corrected chi connectivity index (χ2v) is 5.35. The van der Waals surface area contributed by atoms with Gasteiger partial charge < -0.3 is 14.6 Å².